The van der Waals surface area contributed by atoms with E-state index in [0.29, 0.717) is 11.8 Å². The molecular weight excluding hydrogens is 533 g/mol. The van der Waals surface area contributed by atoms with E-state index in [2.05, 4.69) is 48.5 Å². The normalized spacial score (nSPS) is 11.7. The molecule has 0 amide bonds. The first-order chi connectivity index (χ1) is 17.8. The van der Waals surface area contributed by atoms with Crippen LogP contribution >= 0.6 is 0 Å². The van der Waals surface area contributed by atoms with Crippen LogP contribution in [0.5, 0.6) is 11.5 Å². The van der Waals surface area contributed by atoms with E-state index in [0.717, 1.165) is 12.1 Å². The lowest BCUT2D eigenvalue weighted by molar-refractivity contribution is -0.139. The Morgan fingerprint density at radius 3 is 1.55 bits per heavy atom. The summed E-state index contributed by atoms with van der Waals surface area (Å²) in [7, 11) is -4.64. The zero-order valence-electron chi connectivity index (χ0n) is 21.0. The fourth-order valence-electron chi connectivity index (χ4n) is 3.16. The molecule has 0 saturated carbocycles. The number of hydrogen-bond donors (Lipinski definition) is 0. The van der Waals surface area contributed by atoms with Gasteiger partial charge in [-0.15, -0.1) is 0 Å². The van der Waals surface area contributed by atoms with E-state index in [-0.39, 0.29) is 5.75 Å². The first-order valence-electron chi connectivity index (χ1n) is 11.6. The molecule has 0 fully saturated rings. The fourth-order valence-corrected chi connectivity index (χ4v) is 5.25. The van der Waals surface area contributed by atoms with Crippen LogP contribution in [0.25, 0.3) is 0 Å². The summed E-state index contributed by atoms with van der Waals surface area (Å²) < 4.78 is 73.8. The number of ether oxygens (including phenoxy) is 1. The number of alkyl halides is 3. The Bertz CT molecular complexity index is 1360. The summed E-state index contributed by atoms with van der Waals surface area (Å²) >= 11 is 1.28. The van der Waals surface area contributed by atoms with Crippen LogP contribution in [0.2, 0.25) is 0 Å². The number of rotatable bonds is 6. The summed E-state index contributed by atoms with van der Waals surface area (Å²) in [6.07, 6.45) is -4.81. The molecule has 0 atom stereocenters. The lowest BCUT2D eigenvalue weighted by atomic mass is 10.2. The molecule has 0 bridgehead atoms. The van der Waals surface area contributed by atoms with Gasteiger partial charge in [0.05, 0.1) is 5.56 Å². The van der Waals surface area contributed by atoms with Crippen molar-refractivity contribution in [2.75, 3.05) is 0 Å². The molecule has 0 aliphatic heterocycles. The highest BCUT2D eigenvalue weighted by Crippen LogP contribution is 2.35. The minimum atomic E-state index is -4.81. The number of benzene rings is 4. The van der Waals surface area contributed by atoms with Crippen LogP contribution in [0.4, 0.5) is 13.2 Å². The molecule has 0 aliphatic rings. The lowest BCUT2D eigenvalue weighted by Gasteiger charge is -2.21. The van der Waals surface area contributed by atoms with Crippen molar-refractivity contribution < 1.29 is 30.5 Å². The third-order valence-corrected chi connectivity index (χ3v) is 7.11. The molecular formula is C29H28F3O4S2+. The molecule has 4 aromatic carbocycles. The largest absolute Gasteiger partial charge is 0.488 e. The van der Waals surface area contributed by atoms with Crippen LogP contribution in [0.3, 0.4) is 0 Å². The first kappa shape index (κ1) is 29.1. The highest BCUT2D eigenvalue weighted by molar-refractivity contribution is 7.87. The Balaban J connectivity index is 0.000000256. The smallest absolute Gasteiger partial charge is 0.417 e. The summed E-state index contributed by atoms with van der Waals surface area (Å²) in [6, 6.07) is 30.4. The van der Waals surface area contributed by atoms with E-state index in [4.69, 9.17) is 8.92 Å². The van der Waals surface area contributed by atoms with Crippen LogP contribution in [-0.2, 0) is 28.1 Å². The highest BCUT2D eigenvalue weighted by atomic mass is 32.2. The van der Waals surface area contributed by atoms with Gasteiger partial charge in [-0.25, -0.2) is 0 Å². The Hall–Kier alpha value is -3.43. The van der Waals surface area contributed by atoms with Gasteiger partial charge in [-0.2, -0.15) is 21.6 Å². The van der Waals surface area contributed by atoms with Gasteiger partial charge in [-0.05, 0) is 81.4 Å². The molecule has 4 aromatic rings. The standard InChI is InChI=1S/C17H17F3O4S.C12H10S/c1-16(2,3)23-12-8-10-13(11-9-12)24-25(21,22)15-7-5-4-6-14(15)17(18,19)20;1-3-7-11(8-4-1)13-12-9-5-2-6-10-12/h4-11H,1-3H3;1-10H/p+1. The van der Waals surface area contributed by atoms with Crippen LogP contribution in [0.15, 0.2) is 124 Å². The predicted molar refractivity (Wildman–Crippen MR) is 144 cm³/mol. The molecule has 0 heterocycles. The summed E-state index contributed by atoms with van der Waals surface area (Å²) in [5, 5.41) is 0. The number of thiol groups is 1. The van der Waals surface area contributed by atoms with Crippen molar-refractivity contribution in [3.8, 4) is 11.5 Å². The van der Waals surface area contributed by atoms with E-state index in [1.165, 1.54) is 51.9 Å². The Kier molecular flexibility index (Phi) is 9.51. The quantitative estimate of drug-likeness (QED) is 0.138. The maximum Gasteiger partial charge on any atom is 0.417 e. The minimum absolute atomic E-state index is 0.113. The molecule has 0 saturated heterocycles. The molecule has 4 rings (SSSR count). The van der Waals surface area contributed by atoms with Gasteiger partial charge < -0.3 is 8.92 Å². The summed E-state index contributed by atoms with van der Waals surface area (Å²) in [5.74, 6) is 0.367. The van der Waals surface area contributed by atoms with Gasteiger partial charge >= 0.3 is 16.3 Å². The lowest BCUT2D eigenvalue weighted by Crippen LogP contribution is -2.22. The third kappa shape index (κ3) is 9.15. The number of halogens is 3. The zero-order valence-corrected chi connectivity index (χ0v) is 22.7. The molecule has 0 aromatic heterocycles. The highest BCUT2D eigenvalue weighted by Gasteiger charge is 2.37. The monoisotopic (exact) mass is 561 g/mol. The van der Waals surface area contributed by atoms with Crippen molar-refractivity contribution in [3.05, 3.63) is 115 Å². The van der Waals surface area contributed by atoms with Gasteiger partial charge in [-0.1, -0.05) is 48.5 Å². The molecule has 0 aliphatic carbocycles. The molecule has 4 nitrogen and oxygen atoms in total. The average Bonchev–Trinajstić information content (AvgIpc) is 2.85. The van der Waals surface area contributed by atoms with Crippen molar-refractivity contribution in [3.63, 3.8) is 0 Å². The molecule has 200 valence electrons. The van der Waals surface area contributed by atoms with E-state index < -0.39 is 32.4 Å². The van der Waals surface area contributed by atoms with Crippen LogP contribution in [0, 0.1) is 0 Å². The van der Waals surface area contributed by atoms with Gasteiger partial charge in [0.25, 0.3) is 0 Å². The zero-order chi connectivity index (χ0) is 27.8. The van der Waals surface area contributed by atoms with Crippen molar-refractivity contribution in [1.29, 1.82) is 0 Å². The average molecular weight is 562 g/mol. The van der Waals surface area contributed by atoms with Gasteiger partial charge in [0.2, 0.25) is 0 Å². The van der Waals surface area contributed by atoms with E-state index in [9.17, 15) is 21.6 Å². The Labute approximate surface area is 225 Å². The minimum Gasteiger partial charge on any atom is -0.488 e. The van der Waals surface area contributed by atoms with Crippen molar-refractivity contribution in [2.45, 2.75) is 47.2 Å². The van der Waals surface area contributed by atoms with Gasteiger partial charge in [0.15, 0.2) is 9.79 Å². The maximum absolute atomic E-state index is 13.0. The first-order valence-corrected chi connectivity index (χ1v) is 13.9. The van der Waals surface area contributed by atoms with E-state index in [1.807, 2.05) is 32.9 Å². The number of hydrogen-bond acceptors (Lipinski definition) is 4. The molecule has 0 unspecified atom stereocenters. The molecule has 38 heavy (non-hydrogen) atoms. The Morgan fingerprint density at radius 1 is 0.632 bits per heavy atom. The van der Waals surface area contributed by atoms with E-state index in [1.54, 1.807) is 0 Å². The fraction of sp³-hybridized carbons (Fsp3) is 0.172. The summed E-state index contributed by atoms with van der Waals surface area (Å²) in [4.78, 5) is 1.75. The van der Waals surface area contributed by atoms with Gasteiger partial charge in [0, 0.05) is 11.8 Å². The summed E-state index contributed by atoms with van der Waals surface area (Å²) in [5.41, 5.74) is -1.72. The summed E-state index contributed by atoms with van der Waals surface area (Å²) in [6.45, 7) is 5.53. The topological polar surface area (TPSA) is 52.6 Å². The van der Waals surface area contributed by atoms with Gasteiger partial charge in [-0.3, -0.25) is 0 Å². The second kappa shape index (κ2) is 12.4. The van der Waals surface area contributed by atoms with Crippen LogP contribution in [-0.4, -0.2) is 14.0 Å². The predicted octanol–water partition coefficient (Wildman–Crippen LogP) is 7.57. The van der Waals surface area contributed by atoms with E-state index >= 15 is 0 Å². The van der Waals surface area contributed by atoms with Crippen molar-refractivity contribution >= 4 is 21.9 Å². The maximum atomic E-state index is 13.0. The second-order valence-corrected chi connectivity index (χ2v) is 11.8. The molecule has 0 N–H and O–H groups in total. The SMILES string of the molecule is CC(C)(C)Oc1ccc(OS(=O)(=O)c2ccccc2C(F)(F)F)cc1.c1ccc([SH+]c2ccccc2)cc1. The van der Waals surface area contributed by atoms with Crippen LogP contribution in [0.1, 0.15) is 26.3 Å². The van der Waals surface area contributed by atoms with Crippen LogP contribution < -0.4 is 8.92 Å². The third-order valence-electron chi connectivity index (χ3n) is 4.69. The van der Waals surface area contributed by atoms with Crippen molar-refractivity contribution in [2.24, 2.45) is 0 Å². The molecule has 9 heteroatoms. The molecule has 0 radical (unpaired) electrons. The Morgan fingerprint density at radius 2 is 1.08 bits per heavy atom. The second-order valence-electron chi connectivity index (χ2n) is 9.00. The molecule has 0 spiro atoms. The van der Waals surface area contributed by atoms with Gasteiger partial charge in [0.1, 0.15) is 22.0 Å². The van der Waals surface area contributed by atoms with Crippen molar-refractivity contribution in [1.82, 2.24) is 0 Å².